The Bertz CT molecular complexity index is 745. The molecule has 0 bridgehead atoms. The highest BCUT2D eigenvalue weighted by Crippen LogP contribution is 2.21. The molecule has 6 heteroatoms. The Hall–Kier alpha value is -1.92. The Morgan fingerprint density at radius 3 is 2.52 bits per heavy atom. The molecule has 0 aliphatic heterocycles. The fourth-order valence-corrected chi connectivity index (χ4v) is 2.88. The van der Waals surface area contributed by atoms with Crippen LogP contribution in [-0.4, -0.2) is 15.5 Å². The lowest BCUT2D eigenvalue weighted by Gasteiger charge is -2.12. The number of hydrogen-bond donors (Lipinski definition) is 2. The van der Waals surface area contributed by atoms with Crippen LogP contribution in [0.2, 0.25) is 0 Å². The first-order valence-electron chi connectivity index (χ1n) is 6.45. The highest BCUT2D eigenvalue weighted by atomic mass is 32.2. The number of halogens is 1. The summed E-state index contributed by atoms with van der Waals surface area (Å²) in [4.78, 5) is 0.186. The first kappa shape index (κ1) is 15.5. The van der Waals surface area contributed by atoms with Gasteiger partial charge in [0.15, 0.2) is 0 Å². The number of para-hydroxylation sites is 1. The molecule has 0 atom stereocenters. The van der Waals surface area contributed by atoms with E-state index in [1.54, 1.807) is 37.3 Å². The van der Waals surface area contributed by atoms with Crippen molar-refractivity contribution >= 4 is 15.7 Å². The van der Waals surface area contributed by atoms with Gasteiger partial charge in [-0.2, -0.15) is 0 Å². The van der Waals surface area contributed by atoms with Gasteiger partial charge in [-0.1, -0.05) is 24.3 Å². The van der Waals surface area contributed by atoms with Crippen LogP contribution in [0.1, 0.15) is 11.1 Å². The van der Waals surface area contributed by atoms with Crippen molar-refractivity contribution in [3.05, 3.63) is 59.4 Å². The number of hydrogen-bond acceptors (Lipinski definition) is 3. The molecule has 21 heavy (non-hydrogen) atoms. The van der Waals surface area contributed by atoms with Crippen LogP contribution in [0.4, 0.5) is 10.1 Å². The van der Waals surface area contributed by atoms with Gasteiger partial charge in [-0.15, -0.1) is 0 Å². The maximum absolute atomic E-state index is 13.2. The normalized spacial score (nSPS) is 11.4. The lowest BCUT2D eigenvalue weighted by molar-refractivity contribution is 0.588. The number of nitrogens with one attached hydrogen (secondary N) is 2. The Morgan fingerprint density at radius 2 is 1.86 bits per heavy atom. The third-order valence-electron chi connectivity index (χ3n) is 3.15. The molecular formula is C15H17FN2O2S. The molecule has 0 heterocycles. The van der Waals surface area contributed by atoms with E-state index in [4.69, 9.17) is 0 Å². The minimum atomic E-state index is -3.52. The molecule has 2 aromatic carbocycles. The highest BCUT2D eigenvalue weighted by molar-refractivity contribution is 7.89. The van der Waals surface area contributed by atoms with Crippen LogP contribution >= 0.6 is 0 Å². The van der Waals surface area contributed by atoms with E-state index in [9.17, 15) is 12.8 Å². The molecule has 0 aliphatic rings. The Morgan fingerprint density at radius 1 is 1.14 bits per heavy atom. The minimum absolute atomic E-state index is 0.186. The number of benzene rings is 2. The maximum Gasteiger partial charge on any atom is 0.242 e. The second kappa shape index (κ2) is 6.24. The topological polar surface area (TPSA) is 58.2 Å². The van der Waals surface area contributed by atoms with Crippen molar-refractivity contribution in [3.8, 4) is 0 Å². The summed E-state index contributed by atoms with van der Waals surface area (Å²) in [6.07, 6.45) is 0. The van der Waals surface area contributed by atoms with E-state index >= 15 is 0 Å². The molecule has 0 aliphatic carbocycles. The first-order chi connectivity index (χ1) is 9.94. The first-order valence-corrected chi connectivity index (χ1v) is 7.94. The van der Waals surface area contributed by atoms with Crippen molar-refractivity contribution in [2.24, 2.45) is 0 Å². The molecule has 0 unspecified atom stereocenters. The monoisotopic (exact) mass is 308 g/mol. The van der Waals surface area contributed by atoms with Gasteiger partial charge in [0.25, 0.3) is 0 Å². The Kier molecular flexibility index (Phi) is 4.59. The second-order valence-electron chi connectivity index (χ2n) is 4.64. The number of rotatable bonds is 5. The van der Waals surface area contributed by atoms with Gasteiger partial charge in [0, 0.05) is 6.54 Å². The summed E-state index contributed by atoms with van der Waals surface area (Å²) in [7, 11) is -2.15. The van der Waals surface area contributed by atoms with Gasteiger partial charge in [0.2, 0.25) is 10.0 Å². The summed E-state index contributed by atoms with van der Waals surface area (Å²) in [6.45, 7) is 2.11. The molecule has 0 fully saturated rings. The zero-order valence-corrected chi connectivity index (χ0v) is 12.7. The molecule has 4 nitrogen and oxygen atoms in total. The van der Waals surface area contributed by atoms with E-state index in [0.29, 0.717) is 17.8 Å². The highest BCUT2D eigenvalue weighted by Gasteiger charge is 2.15. The molecule has 0 saturated heterocycles. The zero-order valence-electron chi connectivity index (χ0n) is 11.9. The van der Waals surface area contributed by atoms with Gasteiger partial charge in [0.1, 0.15) is 10.7 Å². The van der Waals surface area contributed by atoms with Gasteiger partial charge in [0.05, 0.1) is 5.69 Å². The fourth-order valence-electron chi connectivity index (χ4n) is 1.97. The largest absolute Gasteiger partial charge is 0.380 e. The van der Waals surface area contributed by atoms with E-state index in [1.165, 1.54) is 19.2 Å². The quantitative estimate of drug-likeness (QED) is 0.893. The summed E-state index contributed by atoms with van der Waals surface area (Å²) in [5.74, 6) is -0.253. The number of sulfonamides is 1. The van der Waals surface area contributed by atoms with E-state index in [-0.39, 0.29) is 10.7 Å². The third kappa shape index (κ3) is 3.59. The summed E-state index contributed by atoms with van der Waals surface area (Å²) in [5, 5.41) is 3.08. The van der Waals surface area contributed by atoms with Crippen LogP contribution < -0.4 is 10.0 Å². The predicted octanol–water partition coefficient (Wildman–Crippen LogP) is 2.65. The lowest BCUT2D eigenvalue weighted by atomic mass is 10.1. The van der Waals surface area contributed by atoms with Crippen molar-refractivity contribution in [2.75, 3.05) is 12.4 Å². The van der Waals surface area contributed by atoms with Gasteiger partial charge >= 0.3 is 0 Å². The lowest BCUT2D eigenvalue weighted by Crippen LogP contribution is -2.20. The molecule has 112 valence electrons. The van der Waals surface area contributed by atoms with Gasteiger partial charge in [-0.25, -0.2) is 17.5 Å². The van der Waals surface area contributed by atoms with E-state index in [0.717, 1.165) is 5.56 Å². The van der Waals surface area contributed by atoms with E-state index in [1.807, 2.05) is 0 Å². The average Bonchev–Trinajstić information content (AvgIpc) is 2.49. The van der Waals surface area contributed by atoms with Crippen LogP contribution in [-0.2, 0) is 16.6 Å². The van der Waals surface area contributed by atoms with Crippen molar-refractivity contribution in [1.82, 2.24) is 4.72 Å². The maximum atomic E-state index is 13.2. The molecule has 0 spiro atoms. The summed E-state index contributed by atoms with van der Waals surface area (Å²) < 4.78 is 39.4. The third-order valence-corrected chi connectivity index (χ3v) is 4.62. The van der Waals surface area contributed by atoms with Gasteiger partial charge < -0.3 is 5.32 Å². The molecule has 2 N–H and O–H groups in total. The number of anilines is 1. The van der Waals surface area contributed by atoms with Gasteiger partial charge in [-0.05, 0) is 43.3 Å². The smallest absolute Gasteiger partial charge is 0.242 e. The van der Waals surface area contributed by atoms with Crippen LogP contribution in [0.25, 0.3) is 0 Å². The minimum Gasteiger partial charge on any atom is -0.380 e. The van der Waals surface area contributed by atoms with Crippen LogP contribution in [0, 0.1) is 12.7 Å². The van der Waals surface area contributed by atoms with Crippen LogP contribution in [0.3, 0.4) is 0 Å². The van der Waals surface area contributed by atoms with Crippen LogP contribution in [0.5, 0.6) is 0 Å². The summed E-state index contributed by atoms with van der Waals surface area (Å²) >= 11 is 0. The van der Waals surface area contributed by atoms with Crippen molar-refractivity contribution in [3.63, 3.8) is 0 Å². The summed E-state index contributed by atoms with van der Waals surface area (Å²) in [6, 6.07) is 11.5. The standard InChI is InChI=1S/C15H17FN2O2S/c1-11-9-12(7-8-13(11)16)10-18-14-5-3-4-6-15(14)21(19,20)17-2/h3-9,17-18H,10H2,1-2H3. The molecule has 0 aromatic heterocycles. The number of aryl methyl sites for hydroxylation is 1. The molecule has 0 amide bonds. The SMILES string of the molecule is CNS(=O)(=O)c1ccccc1NCc1ccc(F)c(C)c1. The Labute approximate surface area is 124 Å². The van der Waals surface area contributed by atoms with Crippen molar-refractivity contribution in [1.29, 1.82) is 0 Å². The van der Waals surface area contributed by atoms with Crippen molar-refractivity contribution in [2.45, 2.75) is 18.4 Å². The molecule has 2 aromatic rings. The van der Waals surface area contributed by atoms with Crippen LogP contribution in [0.15, 0.2) is 47.4 Å². The summed E-state index contributed by atoms with van der Waals surface area (Å²) in [5.41, 5.74) is 1.95. The van der Waals surface area contributed by atoms with E-state index in [2.05, 4.69) is 10.0 Å². The average molecular weight is 308 g/mol. The fraction of sp³-hybridized carbons (Fsp3) is 0.200. The molecule has 0 saturated carbocycles. The molecule has 0 radical (unpaired) electrons. The molecular weight excluding hydrogens is 291 g/mol. The zero-order chi connectivity index (χ0) is 15.5. The van der Waals surface area contributed by atoms with Gasteiger partial charge in [-0.3, -0.25) is 0 Å². The predicted molar refractivity (Wildman–Crippen MR) is 81.2 cm³/mol. The van der Waals surface area contributed by atoms with E-state index < -0.39 is 10.0 Å². The molecule has 2 rings (SSSR count). The Balaban J connectivity index is 2.23. The second-order valence-corrected chi connectivity index (χ2v) is 6.50. The van der Waals surface area contributed by atoms with Crippen molar-refractivity contribution < 1.29 is 12.8 Å².